The molecule has 48 heavy (non-hydrogen) atoms. The van der Waals surface area contributed by atoms with Crippen LogP contribution in [0.3, 0.4) is 0 Å². The molecule has 0 unspecified atom stereocenters. The molecular formula is C37H33F9O2. The van der Waals surface area contributed by atoms with Crippen LogP contribution in [-0.2, 0) is 12.5 Å². The van der Waals surface area contributed by atoms with Crippen molar-refractivity contribution in [2.24, 2.45) is 0 Å². The third kappa shape index (κ3) is 8.46. The molecule has 0 heterocycles. The molecule has 0 aliphatic heterocycles. The first-order valence-corrected chi connectivity index (χ1v) is 15.7. The molecule has 0 amide bonds. The van der Waals surface area contributed by atoms with Crippen LogP contribution in [0.5, 0.6) is 11.5 Å². The number of benzene rings is 4. The van der Waals surface area contributed by atoms with Crippen molar-refractivity contribution in [2.45, 2.75) is 82.6 Å². The van der Waals surface area contributed by atoms with Crippen LogP contribution in [0.1, 0.15) is 86.0 Å². The highest BCUT2D eigenvalue weighted by Gasteiger charge is 2.41. The van der Waals surface area contributed by atoms with Crippen LogP contribution in [0.15, 0.2) is 72.8 Å². The second-order valence-corrected chi connectivity index (χ2v) is 12.1. The summed E-state index contributed by atoms with van der Waals surface area (Å²) in [5, 5.41) is 0. The molecule has 1 aliphatic rings. The highest BCUT2D eigenvalue weighted by atomic mass is 19.4. The third-order valence-corrected chi connectivity index (χ3v) is 8.73. The zero-order valence-corrected chi connectivity index (χ0v) is 26.0. The van der Waals surface area contributed by atoms with Gasteiger partial charge in [-0.2, -0.15) is 8.78 Å². The molecular weight excluding hydrogens is 647 g/mol. The van der Waals surface area contributed by atoms with Gasteiger partial charge < -0.3 is 9.47 Å². The normalized spacial score (nSPS) is 17.0. The first kappa shape index (κ1) is 35.2. The van der Waals surface area contributed by atoms with Crippen molar-refractivity contribution < 1.29 is 49.0 Å². The van der Waals surface area contributed by atoms with E-state index in [9.17, 15) is 26.3 Å². The molecule has 4 aromatic rings. The molecule has 0 N–H and O–H groups in total. The second-order valence-electron chi connectivity index (χ2n) is 12.1. The van der Waals surface area contributed by atoms with Gasteiger partial charge in [-0.3, -0.25) is 0 Å². The monoisotopic (exact) mass is 680 g/mol. The van der Waals surface area contributed by atoms with Crippen LogP contribution in [0.4, 0.5) is 39.5 Å². The van der Waals surface area contributed by atoms with Gasteiger partial charge in [0.05, 0.1) is 0 Å². The van der Waals surface area contributed by atoms with Crippen LogP contribution in [0.25, 0.3) is 11.1 Å². The summed E-state index contributed by atoms with van der Waals surface area (Å²) in [7, 11) is 0. The molecule has 0 saturated heterocycles. The Balaban J connectivity index is 1.23. The van der Waals surface area contributed by atoms with Crippen LogP contribution in [-0.4, -0.2) is 6.36 Å². The lowest BCUT2D eigenvalue weighted by atomic mass is 9.76. The van der Waals surface area contributed by atoms with Crippen molar-refractivity contribution in [3.8, 4) is 22.6 Å². The van der Waals surface area contributed by atoms with Gasteiger partial charge in [0.1, 0.15) is 28.8 Å². The Morgan fingerprint density at radius 3 is 1.85 bits per heavy atom. The minimum atomic E-state index is -5.03. The summed E-state index contributed by atoms with van der Waals surface area (Å²) < 4.78 is 135. The Morgan fingerprint density at radius 2 is 1.27 bits per heavy atom. The maximum absolute atomic E-state index is 15.2. The predicted molar refractivity (Wildman–Crippen MR) is 163 cm³/mol. The fourth-order valence-electron chi connectivity index (χ4n) is 6.28. The summed E-state index contributed by atoms with van der Waals surface area (Å²) in [5.74, 6) is -7.10. The number of rotatable bonds is 11. The molecule has 2 nitrogen and oxygen atoms in total. The first-order valence-electron chi connectivity index (χ1n) is 15.7. The molecule has 1 saturated carbocycles. The minimum Gasteiger partial charge on any atom is -0.429 e. The lowest BCUT2D eigenvalue weighted by molar-refractivity contribution is -0.275. The fourth-order valence-corrected chi connectivity index (χ4v) is 6.28. The van der Waals surface area contributed by atoms with Crippen LogP contribution in [0, 0.1) is 23.3 Å². The number of aryl methyl sites for hydroxylation is 1. The van der Waals surface area contributed by atoms with E-state index in [0.717, 1.165) is 67.6 Å². The number of unbranched alkanes of at least 4 members (excludes halogenated alkanes) is 2. The predicted octanol–water partition coefficient (Wildman–Crippen LogP) is 12.1. The molecule has 5 rings (SSSR count). The summed E-state index contributed by atoms with van der Waals surface area (Å²) in [6, 6.07) is 15.0. The van der Waals surface area contributed by atoms with Gasteiger partial charge in [0, 0.05) is 6.07 Å². The van der Waals surface area contributed by atoms with Crippen molar-refractivity contribution >= 4 is 0 Å². The summed E-state index contributed by atoms with van der Waals surface area (Å²) in [4.78, 5) is 0. The molecule has 0 aromatic heterocycles. The Labute approximate surface area is 272 Å². The van der Waals surface area contributed by atoms with Crippen LogP contribution in [0.2, 0.25) is 0 Å². The average Bonchev–Trinajstić information content (AvgIpc) is 3.01. The maximum Gasteiger partial charge on any atom is 0.573 e. The molecule has 11 heteroatoms. The Bertz CT molecular complexity index is 1690. The molecule has 0 radical (unpaired) electrons. The van der Waals surface area contributed by atoms with Crippen molar-refractivity contribution in [1.29, 1.82) is 0 Å². The molecule has 0 bridgehead atoms. The van der Waals surface area contributed by atoms with E-state index >= 15 is 13.2 Å². The van der Waals surface area contributed by atoms with Crippen molar-refractivity contribution in [3.63, 3.8) is 0 Å². The van der Waals surface area contributed by atoms with E-state index in [-0.39, 0.29) is 23.0 Å². The Kier molecular flexibility index (Phi) is 10.7. The first-order chi connectivity index (χ1) is 22.7. The van der Waals surface area contributed by atoms with Gasteiger partial charge in [0.2, 0.25) is 0 Å². The van der Waals surface area contributed by atoms with Crippen molar-refractivity contribution in [2.75, 3.05) is 0 Å². The molecule has 1 aliphatic carbocycles. The highest BCUT2D eigenvalue weighted by Crippen LogP contribution is 2.43. The lowest BCUT2D eigenvalue weighted by Crippen LogP contribution is -2.25. The largest absolute Gasteiger partial charge is 0.573 e. The smallest absolute Gasteiger partial charge is 0.429 e. The Hall–Kier alpha value is -4.15. The van der Waals surface area contributed by atoms with Crippen LogP contribution >= 0.6 is 0 Å². The van der Waals surface area contributed by atoms with E-state index in [4.69, 9.17) is 0 Å². The maximum atomic E-state index is 15.2. The van der Waals surface area contributed by atoms with E-state index in [2.05, 4.69) is 16.4 Å². The standard InChI is InChI=1S/C37H33F9O2/c1-2-3-4-5-22-6-8-24(9-7-22)27-19-32(40)35(33(41)20-27)36(42,43)47-28-15-16-29(30(38)21-28)25-12-10-23(11-13-25)26-14-17-34(31(39)18-26)48-37(44,45)46/h6-9,14-21,23,25H,2-5,10-13H2,1H3. The van der Waals surface area contributed by atoms with Gasteiger partial charge in [-0.15, -0.1) is 13.2 Å². The second kappa shape index (κ2) is 14.5. The topological polar surface area (TPSA) is 18.5 Å². The third-order valence-electron chi connectivity index (χ3n) is 8.73. The zero-order valence-electron chi connectivity index (χ0n) is 26.0. The van der Waals surface area contributed by atoms with E-state index < -0.39 is 52.8 Å². The number of ether oxygens (including phenoxy) is 2. The van der Waals surface area contributed by atoms with Gasteiger partial charge in [0.15, 0.2) is 11.6 Å². The van der Waals surface area contributed by atoms with E-state index in [1.807, 2.05) is 12.1 Å². The quantitative estimate of drug-likeness (QED) is 0.116. The van der Waals surface area contributed by atoms with E-state index in [1.165, 1.54) is 12.1 Å². The summed E-state index contributed by atoms with van der Waals surface area (Å²) in [6.07, 6.45) is -3.67. The highest BCUT2D eigenvalue weighted by molar-refractivity contribution is 5.64. The number of alkyl halides is 5. The number of hydrogen-bond acceptors (Lipinski definition) is 2. The fraction of sp³-hybridized carbons (Fsp3) is 0.351. The molecule has 1 fully saturated rings. The van der Waals surface area contributed by atoms with Gasteiger partial charge in [-0.1, -0.05) is 56.2 Å². The number of hydrogen-bond donors (Lipinski definition) is 0. The van der Waals surface area contributed by atoms with Crippen LogP contribution < -0.4 is 9.47 Å². The molecule has 256 valence electrons. The molecule has 0 atom stereocenters. The Morgan fingerprint density at radius 1 is 0.625 bits per heavy atom. The van der Waals surface area contributed by atoms with Gasteiger partial charge >= 0.3 is 12.5 Å². The van der Waals surface area contributed by atoms with Crippen molar-refractivity contribution in [1.82, 2.24) is 0 Å². The lowest BCUT2D eigenvalue weighted by Gasteiger charge is -2.29. The summed E-state index contributed by atoms with van der Waals surface area (Å²) in [5.41, 5.74) is 0.694. The number of halogens is 9. The van der Waals surface area contributed by atoms with Gasteiger partial charge in [-0.25, -0.2) is 17.6 Å². The van der Waals surface area contributed by atoms with Crippen molar-refractivity contribution in [3.05, 3.63) is 118 Å². The summed E-state index contributed by atoms with van der Waals surface area (Å²) in [6.45, 7) is 2.09. The summed E-state index contributed by atoms with van der Waals surface area (Å²) >= 11 is 0. The van der Waals surface area contributed by atoms with E-state index in [0.29, 0.717) is 36.8 Å². The SMILES string of the molecule is CCCCCc1ccc(-c2cc(F)c(C(F)(F)Oc3ccc(C4CCC(c5ccc(OC(F)(F)F)c(F)c5)CC4)c(F)c3)c(F)c2)cc1. The van der Waals surface area contributed by atoms with Gasteiger partial charge in [0.25, 0.3) is 0 Å². The minimum absolute atomic E-state index is 0.0763. The van der Waals surface area contributed by atoms with Gasteiger partial charge in [-0.05, 0) is 109 Å². The average molecular weight is 681 g/mol. The molecule has 0 spiro atoms. The molecule has 4 aromatic carbocycles. The van der Waals surface area contributed by atoms with E-state index in [1.54, 1.807) is 12.1 Å². The zero-order chi connectivity index (χ0) is 34.6.